The van der Waals surface area contributed by atoms with Gasteiger partial charge in [0.1, 0.15) is 0 Å². The van der Waals surface area contributed by atoms with Gasteiger partial charge in [-0.2, -0.15) is 0 Å². The van der Waals surface area contributed by atoms with E-state index in [2.05, 4.69) is 17.2 Å². The summed E-state index contributed by atoms with van der Waals surface area (Å²) in [7, 11) is 1.80. The van der Waals surface area contributed by atoms with Crippen LogP contribution in [0.2, 0.25) is 0 Å². The molecule has 1 N–H and O–H groups in total. The van der Waals surface area contributed by atoms with Gasteiger partial charge in [-0.3, -0.25) is 4.99 Å². The smallest absolute Gasteiger partial charge is 0.157 e. The Morgan fingerprint density at radius 3 is 3.00 bits per heavy atom. The lowest BCUT2D eigenvalue weighted by atomic mass is 10.2. The monoisotopic (exact) mass is 214 g/mol. The summed E-state index contributed by atoms with van der Waals surface area (Å²) in [6.45, 7) is 3.17. The average molecular weight is 214 g/mol. The van der Waals surface area contributed by atoms with Gasteiger partial charge >= 0.3 is 0 Å². The molecule has 0 bridgehead atoms. The van der Waals surface area contributed by atoms with Gasteiger partial charge in [0.25, 0.3) is 0 Å². The van der Waals surface area contributed by atoms with Crippen LogP contribution in [0.3, 0.4) is 0 Å². The Kier molecular flexibility index (Phi) is 3.34. The Morgan fingerprint density at radius 2 is 2.36 bits per heavy atom. The lowest BCUT2D eigenvalue weighted by Crippen LogP contribution is -2.39. The van der Waals surface area contributed by atoms with E-state index in [1.807, 2.05) is 11.8 Å². The zero-order chi connectivity index (χ0) is 9.97. The van der Waals surface area contributed by atoms with Crippen molar-refractivity contribution >= 4 is 16.9 Å². The third-order valence-electron chi connectivity index (χ3n) is 2.87. The van der Waals surface area contributed by atoms with Gasteiger partial charge in [-0.25, -0.2) is 0 Å². The normalized spacial score (nSPS) is 37.3. The second kappa shape index (κ2) is 4.53. The molecule has 0 aromatic heterocycles. The number of rotatable bonds is 2. The average Bonchev–Trinajstić information content (AvgIpc) is 2.76. The molecule has 80 valence electrons. The van der Waals surface area contributed by atoms with Crippen LogP contribution in [0.15, 0.2) is 4.99 Å². The molecule has 0 amide bonds. The SMILES string of the molecule is COC1CCCC1NC1=NCC(C)S1. The van der Waals surface area contributed by atoms with Gasteiger partial charge < -0.3 is 10.1 Å². The van der Waals surface area contributed by atoms with Crippen molar-refractivity contribution in [3.05, 3.63) is 0 Å². The summed E-state index contributed by atoms with van der Waals surface area (Å²) >= 11 is 1.85. The van der Waals surface area contributed by atoms with Crippen LogP contribution < -0.4 is 5.32 Å². The first-order chi connectivity index (χ1) is 6.79. The highest BCUT2D eigenvalue weighted by Gasteiger charge is 2.29. The number of nitrogens with one attached hydrogen (secondary N) is 1. The summed E-state index contributed by atoms with van der Waals surface area (Å²) in [5, 5.41) is 5.25. The fourth-order valence-electron chi connectivity index (χ4n) is 2.09. The molecule has 3 unspecified atom stereocenters. The number of aliphatic imine (C=N–C) groups is 1. The summed E-state index contributed by atoms with van der Waals surface area (Å²) < 4.78 is 5.43. The number of ether oxygens (including phenoxy) is 1. The fraction of sp³-hybridized carbons (Fsp3) is 0.900. The zero-order valence-electron chi connectivity index (χ0n) is 8.82. The van der Waals surface area contributed by atoms with Crippen LogP contribution in [-0.4, -0.2) is 36.2 Å². The highest BCUT2D eigenvalue weighted by molar-refractivity contribution is 8.14. The van der Waals surface area contributed by atoms with Crippen LogP contribution >= 0.6 is 11.8 Å². The molecule has 3 nitrogen and oxygen atoms in total. The predicted octanol–water partition coefficient (Wildman–Crippen LogP) is 1.63. The summed E-state index contributed by atoms with van der Waals surface area (Å²) in [6.07, 6.45) is 4.05. The maximum Gasteiger partial charge on any atom is 0.157 e. The molecule has 3 atom stereocenters. The molecule has 2 aliphatic rings. The maximum atomic E-state index is 5.43. The molecule has 1 heterocycles. The van der Waals surface area contributed by atoms with Gasteiger partial charge in [0.2, 0.25) is 0 Å². The first-order valence-electron chi connectivity index (χ1n) is 5.30. The molecule has 1 aliphatic carbocycles. The molecule has 14 heavy (non-hydrogen) atoms. The van der Waals surface area contributed by atoms with Gasteiger partial charge in [0, 0.05) is 12.4 Å². The highest BCUT2D eigenvalue weighted by Crippen LogP contribution is 2.25. The predicted molar refractivity (Wildman–Crippen MR) is 60.9 cm³/mol. The molecule has 0 aromatic carbocycles. The Balaban J connectivity index is 1.85. The van der Waals surface area contributed by atoms with E-state index in [4.69, 9.17) is 4.74 Å². The van der Waals surface area contributed by atoms with Crippen molar-refractivity contribution in [2.75, 3.05) is 13.7 Å². The topological polar surface area (TPSA) is 33.6 Å². The number of thioether (sulfide) groups is 1. The minimum atomic E-state index is 0.384. The molecule has 1 fully saturated rings. The van der Waals surface area contributed by atoms with E-state index in [0.717, 1.165) is 11.7 Å². The van der Waals surface area contributed by atoms with E-state index in [9.17, 15) is 0 Å². The molecule has 0 saturated heterocycles. The Bertz CT molecular complexity index is 232. The number of nitrogens with zero attached hydrogens (tertiary/aromatic N) is 1. The van der Waals surface area contributed by atoms with Crippen molar-refractivity contribution in [2.24, 2.45) is 4.99 Å². The molecule has 4 heteroatoms. The van der Waals surface area contributed by atoms with Crippen LogP contribution in [0.4, 0.5) is 0 Å². The minimum absolute atomic E-state index is 0.384. The number of methoxy groups -OCH3 is 1. The van der Waals surface area contributed by atoms with Gasteiger partial charge in [-0.05, 0) is 19.3 Å². The molecular formula is C10H18N2OS. The third kappa shape index (κ3) is 2.23. The molecule has 0 spiro atoms. The maximum absolute atomic E-state index is 5.43. The minimum Gasteiger partial charge on any atom is -0.379 e. The summed E-state index contributed by atoms with van der Waals surface area (Å²) in [4.78, 5) is 4.46. The van der Waals surface area contributed by atoms with Crippen LogP contribution in [0.5, 0.6) is 0 Å². The molecule has 0 aromatic rings. The van der Waals surface area contributed by atoms with Crippen molar-refractivity contribution in [1.29, 1.82) is 0 Å². The van der Waals surface area contributed by atoms with Crippen LogP contribution in [0.1, 0.15) is 26.2 Å². The summed E-state index contributed by atoms with van der Waals surface area (Å²) in [5.74, 6) is 0. The largest absolute Gasteiger partial charge is 0.379 e. The lowest BCUT2D eigenvalue weighted by molar-refractivity contribution is 0.0910. The van der Waals surface area contributed by atoms with Gasteiger partial charge in [0.05, 0.1) is 18.7 Å². The Hall–Kier alpha value is -0.220. The fourth-order valence-corrected chi connectivity index (χ4v) is 2.99. The molecule has 1 saturated carbocycles. The lowest BCUT2D eigenvalue weighted by Gasteiger charge is -2.20. The molecule has 0 radical (unpaired) electrons. The first kappa shape index (κ1) is 10.3. The second-order valence-corrected chi connectivity index (χ2v) is 5.46. The van der Waals surface area contributed by atoms with E-state index in [0.29, 0.717) is 17.4 Å². The number of hydrogen-bond donors (Lipinski definition) is 1. The number of amidine groups is 1. The van der Waals surface area contributed by atoms with E-state index >= 15 is 0 Å². The van der Waals surface area contributed by atoms with Crippen LogP contribution in [0, 0.1) is 0 Å². The second-order valence-electron chi connectivity index (χ2n) is 4.03. The quantitative estimate of drug-likeness (QED) is 0.758. The van der Waals surface area contributed by atoms with Crippen LogP contribution in [-0.2, 0) is 4.74 Å². The molecule has 1 aliphatic heterocycles. The van der Waals surface area contributed by atoms with Gasteiger partial charge in [-0.15, -0.1) is 0 Å². The van der Waals surface area contributed by atoms with Crippen molar-refractivity contribution < 1.29 is 4.74 Å². The van der Waals surface area contributed by atoms with E-state index < -0.39 is 0 Å². The van der Waals surface area contributed by atoms with Gasteiger partial charge in [0.15, 0.2) is 5.17 Å². The van der Waals surface area contributed by atoms with Crippen molar-refractivity contribution in [3.63, 3.8) is 0 Å². The summed E-state index contributed by atoms with van der Waals surface area (Å²) in [5.41, 5.74) is 0. The summed E-state index contributed by atoms with van der Waals surface area (Å²) in [6, 6.07) is 0.483. The van der Waals surface area contributed by atoms with E-state index in [1.165, 1.54) is 19.3 Å². The van der Waals surface area contributed by atoms with E-state index in [-0.39, 0.29) is 0 Å². The van der Waals surface area contributed by atoms with Crippen molar-refractivity contribution in [3.8, 4) is 0 Å². The van der Waals surface area contributed by atoms with E-state index in [1.54, 1.807) is 7.11 Å². The number of hydrogen-bond acceptors (Lipinski definition) is 4. The zero-order valence-corrected chi connectivity index (χ0v) is 9.64. The molecular weight excluding hydrogens is 196 g/mol. The van der Waals surface area contributed by atoms with Gasteiger partial charge in [-0.1, -0.05) is 18.7 Å². The van der Waals surface area contributed by atoms with Crippen molar-refractivity contribution in [2.45, 2.75) is 43.6 Å². The molecule has 2 rings (SSSR count). The third-order valence-corrected chi connectivity index (χ3v) is 3.89. The highest BCUT2D eigenvalue weighted by atomic mass is 32.2. The van der Waals surface area contributed by atoms with Crippen molar-refractivity contribution in [1.82, 2.24) is 5.32 Å². The Morgan fingerprint density at radius 1 is 1.50 bits per heavy atom. The van der Waals surface area contributed by atoms with Crippen LogP contribution in [0.25, 0.3) is 0 Å². The standard InChI is InChI=1S/C10H18N2OS/c1-7-6-11-10(14-7)12-8-4-3-5-9(8)13-2/h7-9H,3-6H2,1-2H3,(H,11,12). The first-order valence-corrected chi connectivity index (χ1v) is 6.18. The Labute approximate surface area is 89.7 Å².